The van der Waals surface area contributed by atoms with Crippen molar-refractivity contribution in [2.75, 3.05) is 12.3 Å². The van der Waals surface area contributed by atoms with E-state index in [0.29, 0.717) is 17.9 Å². The third kappa shape index (κ3) is 2.95. The Balaban J connectivity index is 2.76. The topological polar surface area (TPSA) is 89.0 Å². The normalized spacial score (nSPS) is 9.33. The summed E-state index contributed by atoms with van der Waals surface area (Å²) in [5.41, 5.74) is 6.31. The molecule has 78 valence electrons. The van der Waals surface area contributed by atoms with Gasteiger partial charge in [-0.15, -0.1) is 0 Å². The molecule has 1 rings (SSSR count). The molecule has 0 unspecified atom stereocenters. The Morgan fingerprint density at radius 1 is 1.67 bits per heavy atom. The molecule has 0 aliphatic carbocycles. The highest BCUT2D eigenvalue weighted by atomic mass is 16.5. The van der Waals surface area contributed by atoms with Gasteiger partial charge in [0.1, 0.15) is 11.9 Å². The van der Waals surface area contributed by atoms with Crippen LogP contribution in [-0.4, -0.2) is 17.6 Å². The van der Waals surface area contributed by atoms with Crippen molar-refractivity contribution in [3.8, 4) is 6.07 Å². The molecule has 5 heteroatoms. The van der Waals surface area contributed by atoms with Crippen LogP contribution in [0.3, 0.4) is 0 Å². The summed E-state index contributed by atoms with van der Waals surface area (Å²) in [6.45, 7) is 2.07. The Morgan fingerprint density at radius 2 is 2.40 bits per heavy atom. The largest absolute Gasteiger partial charge is 0.466 e. The molecule has 15 heavy (non-hydrogen) atoms. The summed E-state index contributed by atoms with van der Waals surface area (Å²) in [6, 6.07) is 5.02. The fourth-order valence-electron chi connectivity index (χ4n) is 1.07. The number of ether oxygens (including phenoxy) is 1. The molecule has 0 atom stereocenters. The van der Waals surface area contributed by atoms with Gasteiger partial charge in [-0.25, -0.2) is 4.98 Å². The van der Waals surface area contributed by atoms with E-state index in [4.69, 9.17) is 15.7 Å². The van der Waals surface area contributed by atoms with Crippen molar-refractivity contribution in [1.82, 2.24) is 4.98 Å². The maximum Gasteiger partial charge on any atom is 0.311 e. The van der Waals surface area contributed by atoms with Crippen molar-refractivity contribution < 1.29 is 9.53 Å². The second-order valence-corrected chi connectivity index (χ2v) is 2.83. The van der Waals surface area contributed by atoms with Crippen LogP contribution in [0.4, 0.5) is 5.82 Å². The van der Waals surface area contributed by atoms with Gasteiger partial charge in [0.2, 0.25) is 0 Å². The molecular weight excluding hydrogens is 194 g/mol. The van der Waals surface area contributed by atoms with Crippen LogP contribution in [0.1, 0.15) is 18.2 Å². The minimum atomic E-state index is -0.353. The van der Waals surface area contributed by atoms with Crippen LogP contribution in [0.25, 0.3) is 0 Å². The van der Waals surface area contributed by atoms with Gasteiger partial charge in [0.15, 0.2) is 0 Å². The molecule has 0 aromatic carbocycles. The Bertz CT molecular complexity index is 410. The number of anilines is 1. The van der Waals surface area contributed by atoms with E-state index in [1.165, 1.54) is 6.07 Å². The van der Waals surface area contributed by atoms with Gasteiger partial charge in [-0.1, -0.05) is 0 Å². The van der Waals surface area contributed by atoms with Gasteiger partial charge in [0.05, 0.1) is 24.3 Å². The first-order valence-electron chi connectivity index (χ1n) is 4.48. The molecule has 2 N–H and O–H groups in total. The van der Waals surface area contributed by atoms with Crippen molar-refractivity contribution in [3.05, 3.63) is 23.4 Å². The molecule has 0 saturated heterocycles. The first-order chi connectivity index (χ1) is 7.17. The number of nitrogens with two attached hydrogens (primary N) is 1. The molecule has 0 amide bonds. The first-order valence-corrected chi connectivity index (χ1v) is 4.48. The fraction of sp³-hybridized carbons (Fsp3) is 0.300. The lowest BCUT2D eigenvalue weighted by molar-refractivity contribution is -0.142. The molecule has 1 aromatic heterocycles. The van der Waals surface area contributed by atoms with Gasteiger partial charge >= 0.3 is 5.97 Å². The first kappa shape index (κ1) is 11.0. The van der Waals surface area contributed by atoms with Gasteiger partial charge in [-0.3, -0.25) is 4.79 Å². The number of pyridine rings is 1. The highest BCUT2D eigenvalue weighted by Crippen LogP contribution is 2.09. The summed E-state index contributed by atoms with van der Waals surface area (Å²) < 4.78 is 4.76. The Labute approximate surface area is 87.5 Å². The van der Waals surface area contributed by atoms with Crippen molar-refractivity contribution in [2.24, 2.45) is 0 Å². The number of hydrogen-bond acceptors (Lipinski definition) is 5. The second-order valence-electron chi connectivity index (χ2n) is 2.83. The lowest BCUT2D eigenvalue weighted by Gasteiger charge is -2.02. The number of carbonyl (C=O) groups is 1. The molecule has 5 nitrogen and oxygen atoms in total. The van der Waals surface area contributed by atoms with Crippen molar-refractivity contribution >= 4 is 11.8 Å². The van der Waals surface area contributed by atoms with Crippen LogP contribution in [0.15, 0.2) is 12.1 Å². The number of nitriles is 1. The lowest BCUT2D eigenvalue weighted by atomic mass is 10.2. The summed E-state index contributed by atoms with van der Waals surface area (Å²) in [5, 5.41) is 8.61. The maximum absolute atomic E-state index is 11.1. The van der Waals surface area contributed by atoms with E-state index in [1.807, 2.05) is 6.07 Å². The van der Waals surface area contributed by atoms with Gasteiger partial charge in [0.25, 0.3) is 0 Å². The molecule has 1 heterocycles. The van der Waals surface area contributed by atoms with E-state index >= 15 is 0 Å². The minimum absolute atomic E-state index is 0.0732. The van der Waals surface area contributed by atoms with Crippen molar-refractivity contribution in [1.29, 1.82) is 5.26 Å². The van der Waals surface area contributed by atoms with Gasteiger partial charge in [0, 0.05) is 0 Å². The Kier molecular flexibility index (Phi) is 3.63. The predicted molar refractivity (Wildman–Crippen MR) is 53.7 cm³/mol. The van der Waals surface area contributed by atoms with Crippen molar-refractivity contribution in [3.63, 3.8) is 0 Å². The molecule has 1 aromatic rings. The van der Waals surface area contributed by atoms with E-state index in [-0.39, 0.29) is 18.2 Å². The van der Waals surface area contributed by atoms with Crippen LogP contribution in [0.5, 0.6) is 0 Å². The van der Waals surface area contributed by atoms with Crippen molar-refractivity contribution in [2.45, 2.75) is 13.3 Å². The summed E-state index contributed by atoms with van der Waals surface area (Å²) in [6.07, 6.45) is 0.0732. The van der Waals surface area contributed by atoms with Gasteiger partial charge in [-0.05, 0) is 19.1 Å². The molecule has 0 bridgehead atoms. The maximum atomic E-state index is 11.1. The zero-order valence-electron chi connectivity index (χ0n) is 8.36. The quantitative estimate of drug-likeness (QED) is 0.731. The smallest absolute Gasteiger partial charge is 0.311 e. The second kappa shape index (κ2) is 4.96. The van der Waals surface area contributed by atoms with Gasteiger partial charge in [-0.2, -0.15) is 5.26 Å². The Hall–Kier alpha value is -2.09. The summed E-state index contributed by atoms with van der Waals surface area (Å²) in [7, 11) is 0. The van der Waals surface area contributed by atoms with Crippen LogP contribution < -0.4 is 5.73 Å². The molecule has 0 fully saturated rings. The molecule has 0 saturated carbocycles. The Morgan fingerprint density at radius 3 is 2.93 bits per heavy atom. The summed E-state index contributed by atoms with van der Waals surface area (Å²) in [4.78, 5) is 15.0. The van der Waals surface area contributed by atoms with E-state index in [1.54, 1.807) is 13.0 Å². The minimum Gasteiger partial charge on any atom is -0.466 e. The number of nitrogen functional groups attached to an aromatic ring is 1. The van der Waals surface area contributed by atoms with Crippen LogP contribution in [0, 0.1) is 11.3 Å². The molecule has 0 aliphatic heterocycles. The van der Waals surface area contributed by atoms with E-state index in [0.717, 1.165) is 0 Å². The number of aromatic nitrogens is 1. The monoisotopic (exact) mass is 205 g/mol. The number of esters is 1. The number of hydrogen-bond donors (Lipinski definition) is 1. The molecular formula is C10H11N3O2. The summed E-state index contributed by atoms with van der Waals surface area (Å²) in [5.74, 6) is -0.214. The third-order valence-electron chi connectivity index (χ3n) is 1.73. The third-order valence-corrected chi connectivity index (χ3v) is 1.73. The standard InChI is InChI=1S/C10H11N3O2/c1-2-15-9(14)5-8-4-3-7(6-11)10(12)13-8/h3-4H,2,5H2,1H3,(H2,12,13). The number of nitrogens with zero attached hydrogens (tertiary/aromatic N) is 2. The zero-order valence-corrected chi connectivity index (χ0v) is 8.36. The lowest BCUT2D eigenvalue weighted by Crippen LogP contribution is -2.09. The van der Waals surface area contributed by atoms with E-state index in [9.17, 15) is 4.79 Å². The zero-order chi connectivity index (χ0) is 11.3. The molecule has 0 aliphatic rings. The average Bonchev–Trinajstić information content (AvgIpc) is 2.18. The summed E-state index contributed by atoms with van der Waals surface area (Å²) >= 11 is 0. The van der Waals surface area contributed by atoms with E-state index in [2.05, 4.69) is 4.98 Å². The average molecular weight is 205 g/mol. The fourth-order valence-corrected chi connectivity index (χ4v) is 1.07. The molecule has 0 spiro atoms. The SMILES string of the molecule is CCOC(=O)Cc1ccc(C#N)c(N)n1. The predicted octanol–water partition coefficient (Wildman–Crippen LogP) is 0.641. The van der Waals surface area contributed by atoms with Gasteiger partial charge < -0.3 is 10.5 Å². The highest BCUT2D eigenvalue weighted by molar-refractivity contribution is 5.72. The van der Waals surface area contributed by atoms with Crippen LogP contribution >= 0.6 is 0 Å². The van der Waals surface area contributed by atoms with Crippen LogP contribution in [0.2, 0.25) is 0 Å². The van der Waals surface area contributed by atoms with Crippen LogP contribution in [-0.2, 0) is 16.0 Å². The number of rotatable bonds is 3. The highest BCUT2D eigenvalue weighted by Gasteiger charge is 2.07. The number of carbonyl (C=O) groups excluding carboxylic acids is 1. The molecule has 0 radical (unpaired) electrons. The van der Waals surface area contributed by atoms with E-state index < -0.39 is 0 Å².